The van der Waals surface area contributed by atoms with Crippen LogP contribution in [0.15, 0.2) is 36.8 Å². The molecule has 3 aromatic rings. The van der Waals surface area contributed by atoms with Gasteiger partial charge in [0, 0.05) is 56.1 Å². The van der Waals surface area contributed by atoms with Crippen molar-refractivity contribution < 1.29 is 9.47 Å². The molecule has 11 heteroatoms. The van der Waals surface area contributed by atoms with E-state index in [4.69, 9.17) is 27.0 Å². The number of piperidine rings is 1. The first-order valence-electron chi connectivity index (χ1n) is 13.0. The van der Waals surface area contributed by atoms with Crippen molar-refractivity contribution in [2.24, 2.45) is 0 Å². The normalized spacial score (nSPS) is 16.2. The van der Waals surface area contributed by atoms with Gasteiger partial charge in [0.15, 0.2) is 16.6 Å². The number of benzene rings is 1. The third kappa shape index (κ3) is 6.03. The SMILES string of the molecule is COc1cc2c(N3CCN(C(=S)Nc4ccnc(C#N)c4)CC3)ncnc2cc1OCCN1CCCCC1. The highest BCUT2D eigenvalue weighted by Crippen LogP contribution is 2.35. The molecule has 1 aromatic carbocycles. The number of fused-ring (bicyclic) bond motifs is 1. The number of methoxy groups -OCH3 is 1. The number of anilines is 2. The number of nitriles is 1. The molecule has 2 saturated heterocycles. The zero-order valence-corrected chi connectivity index (χ0v) is 22.4. The molecule has 4 heterocycles. The molecule has 198 valence electrons. The van der Waals surface area contributed by atoms with Crippen molar-refractivity contribution in [3.8, 4) is 17.6 Å². The molecule has 2 aliphatic rings. The zero-order valence-electron chi connectivity index (χ0n) is 21.6. The molecule has 2 aliphatic heterocycles. The lowest BCUT2D eigenvalue weighted by atomic mass is 10.1. The van der Waals surface area contributed by atoms with Crippen LogP contribution in [0, 0.1) is 11.3 Å². The van der Waals surface area contributed by atoms with Gasteiger partial charge in [0.2, 0.25) is 0 Å². The first kappa shape index (κ1) is 25.9. The highest BCUT2D eigenvalue weighted by atomic mass is 32.1. The average molecular weight is 533 g/mol. The van der Waals surface area contributed by atoms with Gasteiger partial charge in [-0.05, 0) is 56.3 Å². The quantitative estimate of drug-likeness (QED) is 0.454. The Hall–Kier alpha value is -3.75. The molecule has 0 radical (unpaired) electrons. The maximum absolute atomic E-state index is 9.08. The molecule has 10 nitrogen and oxygen atoms in total. The van der Waals surface area contributed by atoms with E-state index < -0.39 is 0 Å². The number of hydrogen-bond acceptors (Lipinski definition) is 9. The summed E-state index contributed by atoms with van der Waals surface area (Å²) < 4.78 is 11.8. The molecule has 0 saturated carbocycles. The van der Waals surface area contributed by atoms with E-state index >= 15 is 0 Å². The summed E-state index contributed by atoms with van der Waals surface area (Å²) in [6.45, 7) is 6.81. The van der Waals surface area contributed by atoms with Crippen LogP contribution in [0.1, 0.15) is 25.0 Å². The Morgan fingerprint density at radius 3 is 2.61 bits per heavy atom. The topological polar surface area (TPSA) is 103 Å². The Balaban J connectivity index is 1.23. The summed E-state index contributed by atoms with van der Waals surface area (Å²) in [5.74, 6) is 2.27. The Bertz CT molecular complexity index is 1320. The summed E-state index contributed by atoms with van der Waals surface area (Å²) >= 11 is 5.63. The molecule has 0 aliphatic carbocycles. The van der Waals surface area contributed by atoms with Crippen molar-refractivity contribution >= 4 is 39.7 Å². The molecule has 38 heavy (non-hydrogen) atoms. The maximum atomic E-state index is 9.08. The number of hydrogen-bond donors (Lipinski definition) is 1. The second-order valence-electron chi connectivity index (χ2n) is 9.41. The lowest BCUT2D eigenvalue weighted by Gasteiger charge is -2.37. The van der Waals surface area contributed by atoms with E-state index in [-0.39, 0.29) is 0 Å². The molecule has 2 fully saturated rings. The second kappa shape index (κ2) is 12.2. The smallest absolute Gasteiger partial charge is 0.173 e. The summed E-state index contributed by atoms with van der Waals surface area (Å²) in [5.41, 5.74) is 1.94. The number of nitrogens with one attached hydrogen (secondary N) is 1. The van der Waals surface area contributed by atoms with Gasteiger partial charge in [-0.2, -0.15) is 5.26 Å². The van der Waals surface area contributed by atoms with Crippen molar-refractivity contribution in [1.82, 2.24) is 24.8 Å². The Labute approximate surface area is 228 Å². The Morgan fingerprint density at radius 1 is 1.03 bits per heavy atom. The lowest BCUT2D eigenvalue weighted by Crippen LogP contribution is -2.50. The van der Waals surface area contributed by atoms with E-state index in [1.54, 1.807) is 31.8 Å². The second-order valence-corrected chi connectivity index (χ2v) is 9.80. The fourth-order valence-electron chi connectivity index (χ4n) is 4.94. The number of pyridine rings is 1. The van der Waals surface area contributed by atoms with E-state index in [1.807, 2.05) is 18.2 Å². The predicted octanol–water partition coefficient (Wildman–Crippen LogP) is 3.29. The van der Waals surface area contributed by atoms with Gasteiger partial charge in [-0.25, -0.2) is 15.0 Å². The Morgan fingerprint density at radius 2 is 1.84 bits per heavy atom. The molecule has 1 N–H and O–H groups in total. The van der Waals surface area contributed by atoms with Crippen LogP contribution in [0.5, 0.6) is 11.5 Å². The van der Waals surface area contributed by atoms with Crippen molar-refractivity contribution in [2.45, 2.75) is 19.3 Å². The molecule has 5 rings (SSSR count). The summed E-state index contributed by atoms with van der Waals surface area (Å²) in [7, 11) is 1.66. The van der Waals surface area contributed by atoms with Gasteiger partial charge < -0.3 is 24.6 Å². The Kier molecular flexibility index (Phi) is 8.31. The van der Waals surface area contributed by atoms with Crippen LogP contribution in [-0.4, -0.2) is 89.4 Å². The number of nitrogens with zero attached hydrogens (tertiary/aromatic N) is 7. The number of likely N-dealkylation sites (tertiary alicyclic amines) is 1. The van der Waals surface area contributed by atoms with Crippen LogP contribution in [0.3, 0.4) is 0 Å². The van der Waals surface area contributed by atoms with E-state index in [0.29, 0.717) is 28.9 Å². The summed E-state index contributed by atoms with van der Waals surface area (Å²) in [6.07, 6.45) is 7.07. The van der Waals surface area contributed by atoms with E-state index in [9.17, 15) is 0 Å². The van der Waals surface area contributed by atoms with Gasteiger partial charge in [0.1, 0.15) is 30.5 Å². The molecule has 2 aromatic heterocycles. The van der Waals surface area contributed by atoms with Gasteiger partial charge in [-0.15, -0.1) is 0 Å². The molecule has 0 spiro atoms. The summed E-state index contributed by atoms with van der Waals surface area (Å²) in [5, 5.41) is 13.9. The molecule has 0 atom stereocenters. The summed E-state index contributed by atoms with van der Waals surface area (Å²) in [6, 6.07) is 9.47. The largest absolute Gasteiger partial charge is 0.493 e. The van der Waals surface area contributed by atoms with E-state index in [0.717, 1.165) is 68.2 Å². The van der Waals surface area contributed by atoms with Crippen molar-refractivity contribution in [3.05, 3.63) is 42.5 Å². The number of rotatable bonds is 7. The lowest BCUT2D eigenvalue weighted by molar-refractivity contribution is 0.181. The minimum atomic E-state index is 0.351. The van der Waals surface area contributed by atoms with Crippen molar-refractivity contribution in [1.29, 1.82) is 5.26 Å². The standard InChI is InChI=1S/C27H32N8O2S/c1-36-24-16-22-23(17-25(24)37-14-13-33-7-3-2-4-8-33)30-19-31-26(22)34-9-11-35(12-10-34)27(38)32-20-5-6-29-21(15-20)18-28/h5-6,15-17,19H,2-4,7-14H2,1H3,(H,29,32,38). The molecular weight excluding hydrogens is 500 g/mol. The summed E-state index contributed by atoms with van der Waals surface area (Å²) in [4.78, 5) is 20.0. The highest BCUT2D eigenvalue weighted by Gasteiger charge is 2.23. The van der Waals surface area contributed by atoms with Crippen LogP contribution in [0.25, 0.3) is 10.9 Å². The number of piperazine rings is 1. The average Bonchev–Trinajstić information content (AvgIpc) is 2.97. The van der Waals surface area contributed by atoms with Gasteiger partial charge in [0.25, 0.3) is 0 Å². The fraction of sp³-hybridized carbons (Fsp3) is 0.444. The number of aromatic nitrogens is 3. The van der Waals surface area contributed by atoms with Crippen LogP contribution in [-0.2, 0) is 0 Å². The van der Waals surface area contributed by atoms with E-state index in [1.165, 1.54) is 19.3 Å². The monoisotopic (exact) mass is 532 g/mol. The van der Waals surface area contributed by atoms with Crippen LogP contribution < -0.4 is 19.7 Å². The van der Waals surface area contributed by atoms with Gasteiger partial charge in [-0.1, -0.05) is 6.42 Å². The molecule has 0 bridgehead atoms. The number of ether oxygens (including phenoxy) is 2. The fourth-order valence-corrected chi connectivity index (χ4v) is 5.24. The van der Waals surface area contributed by atoms with Gasteiger partial charge in [0.05, 0.1) is 12.6 Å². The van der Waals surface area contributed by atoms with Gasteiger partial charge in [-0.3, -0.25) is 4.90 Å². The van der Waals surface area contributed by atoms with Crippen LogP contribution in [0.4, 0.5) is 11.5 Å². The van der Waals surface area contributed by atoms with Crippen LogP contribution in [0.2, 0.25) is 0 Å². The number of thiocarbonyl (C=S) groups is 1. The van der Waals surface area contributed by atoms with E-state index in [2.05, 4.69) is 35.0 Å². The van der Waals surface area contributed by atoms with Gasteiger partial charge >= 0.3 is 0 Å². The minimum Gasteiger partial charge on any atom is -0.493 e. The first-order valence-corrected chi connectivity index (χ1v) is 13.4. The first-order chi connectivity index (χ1) is 18.6. The highest BCUT2D eigenvalue weighted by molar-refractivity contribution is 7.80. The van der Waals surface area contributed by atoms with Crippen molar-refractivity contribution in [3.63, 3.8) is 0 Å². The molecule has 0 amide bonds. The minimum absolute atomic E-state index is 0.351. The zero-order chi connectivity index (χ0) is 26.3. The molecular formula is C27H32N8O2S. The predicted molar refractivity (Wildman–Crippen MR) is 151 cm³/mol. The third-order valence-electron chi connectivity index (χ3n) is 7.01. The van der Waals surface area contributed by atoms with Crippen LogP contribution >= 0.6 is 12.2 Å². The van der Waals surface area contributed by atoms with Crippen molar-refractivity contribution in [2.75, 3.05) is 69.7 Å². The maximum Gasteiger partial charge on any atom is 0.173 e. The molecule has 0 unspecified atom stereocenters. The third-order valence-corrected chi connectivity index (χ3v) is 7.37.